The number of ether oxygens (including phenoxy) is 4. The molecule has 1 aliphatic rings. The average molecular weight is 983 g/mol. The molecule has 396 valence electrons. The molecule has 1 fully saturated rings. The van der Waals surface area contributed by atoms with Crippen LogP contribution in [0.4, 0.5) is 0 Å². The van der Waals surface area contributed by atoms with Crippen molar-refractivity contribution in [2.24, 2.45) is 0 Å². The van der Waals surface area contributed by atoms with E-state index in [4.69, 9.17) is 18.9 Å². The number of allylic oxidation sites excluding steroid dienone is 10. The second-order valence-corrected chi connectivity index (χ2v) is 19.5. The van der Waals surface area contributed by atoms with Gasteiger partial charge in [0.15, 0.2) is 6.29 Å². The zero-order valence-electron chi connectivity index (χ0n) is 42.7. The number of hydrogen-bond donors (Lipinski definition) is 4. The van der Waals surface area contributed by atoms with Crippen molar-refractivity contribution in [2.45, 2.75) is 256 Å². The normalized spacial score (nSPS) is 19.8. The summed E-state index contributed by atoms with van der Waals surface area (Å²) in [6.45, 7) is 3.80. The van der Waals surface area contributed by atoms with Crippen LogP contribution in [0.2, 0.25) is 0 Å². The monoisotopic (exact) mass is 983 g/mol. The number of carbonyl (C=O) groups is 1. The minimum absolute atomic E-state index is 0.00657. The van der Waals surface area contributed by atoms with Crippen molar-refractivity contribution in [1.29, 1.82) is 0 Å². The molecule has 68 heavy (non-hydrogen) atoms. The molecular formula is C55H98O12S. The molecule has 6 unspecified atom stereocenters. The lowest BCUT2D eigenvalue weighted by molar-refractivity contribution is -0.301. The Balaban J connectivity index is 2.35. The molecule has 0 aromatic rings. The molecule has 6 atom stereocenters. The van der Waals surface area contributed by atoms with Crippen molar-refractivity contribution in [2.75, 3.05) is 26.4 Å². The lowest BCUT2D eigenvalue weighted by Crippen LogP contribution is -2.60. The van der Waals surface area contributed by atoms with Gasteiger partial charge in [-0.1, -0.05) is 216 Å². The molecule has 0 bridgehead atoms. The summed E-state index contributed by atoms with van der Waals surface area (Å²) in [5.74, 6) is -0.412. The summed E-state index contributed by atoms with van der Waals surface area (Å²) >= 11 is 0. The zero-order chi connectivity index (χ0) is 49.6. The molecule has 1 saturated heterocycles. The van der Waals surface area contributed by atoms with E-state index in [0.29, 0.717) is 13.0 Å². The summed E-state index contributed by atoms with van der Waals surface area (Å²) in [5, 5.41) is 30.8. The van der Waals surface area contributed by atoms with Gasteiger partial charge < -0.3 is 34.3 Å². The molecule has 0 spiro atoms. The summed E-state index contributed by atoms with van der Waals surface area (Å²) in [4.78, 5) is 12.9. The van der Waals surface area contributed by atoms with Crippen molar-refractivity contribution in [3.63, 3.8) is 0 Å². The summed E-state index contributed by atoms with van der Waals surface area (Å²) in [5.41, 5.74) is 0. The third-order valence-electron chi connectivity index (χ3n) is 12.2. The van der Waals surface area contributed by atoms with Crippen LogP contribution in [0, 0.1) is 0 Å². The molecule has 1 heterocycles. The van der Waals surface area contributed by atoms with Crippen LogP contribution in [-0.2, 0) is 38.3 Å². The van der Waals surface area contributed by atoms with E-state index in [1.165, 1.54) is 122 Å². The lowest BCUT2D eigenvalue weighted by atomic mass is 9.99. The molecule has 0 aromatic heterocycles. The molecule has 0 saturated carbocycles. The summed E-state index contributed by atoms with van der Waals surface area (Å²) < 4.78 is 59.3. The van der Waals surface area contributed by atoms with Crippen LogP contribution in [0.3, 0.4) is 0 Å². The van der Waals surface area contributed by atoms with Gasteiger partial charge in [-0.25, -0.2) is 4.18 Å². The van der Waals surface area contributed by atoms with Crippen LogP contribution >= 0.6 is 0 Å². The fraction of sp³-hybridized carbons (Fsp3) is 0.800. The molecule has 12 nitrogen and oxygen atoms in total. The highest BCUT2D eigenvalue weighted by Gasteiger charge is 2.48. The first-order valence-electron chi connectivity index (χ1n) is 27.0. The quantitative estimate of drug-likeness (QED) is 0.0197. The molecule has 1 aliphatic heterocycles. The molecule has 0 radical (unpaired) electrons. The van der Waals surface area contributed by atoms with E-state index in [1.807, 2.05) is 0 Å². The minimum Gasteiger partial charge on any atom is -0.457 e. The topological polar surface area (TPSA) is 178 Å². The van der Waals surface area contributed by atoms with Crippen LogP contribution < -0.4 is 0 Å². The van der Waals surface area contributed by atoms with Gasteiger partial charge in [0.05, 0.1) is 19.8 Å². The van der Waals surface area contributed by atoms with Crippen molar-refractivity contribution in [1.82, 2.24) is 0 Å². The highest BCUT2D eigenvalue weighted by atomic mass is 32.3. The maximum Gasteiger partial charge on any atom is 0.397 e. The van der Waals surface area contributed by atoms with Crippen LogP contribution in [0.25, 0.3) is 0 Å². The number of esters is 1. The molecular weight excluding hydrogens is 885 g/mol. The van der Waals surface area contributed by atoms with Gasteiger partial charge in [-0.3, -0.25) is 9.35 Å². The van der Waals surface area contributed by atoms with Gasteiger partial charge in [-0.05, 0) is 57.8 Å². The van der Waals surface area contributed by atoms with E-state index in [0.717, 1.165) is 70.6 Å². The number of unbranched alkanes of at least 4 members (excludes halogenated alkanes) is 24. The fourth-order valence-corrected chi connectivity index (χ4v) is 8.62. The SMILES string of the molecule is CC/C=C\C/C=C\C/C=C\C/C=C\C/C=C\CCCCOCC(COC1OC(CO)C(O)C(OS(=O)(=O)O)C1O)OC(=O)CCCCCCCCCCCCCCCCCCCCCCCCC. The first kappa shape index (κ1) is 63.8. The van der Waals surface area contributed by atoms with Gasteiger partial charge >= 0.3 is 16.4 Å². The summed E-state index contributed by atoms with van der Waals surface area (Å²) in [6, 6.07) is 0. The van der Waals surface area contributed by atoms with Gasteiger partial charge in [-0.2, -0.15) is 8.42 Å². The first-order valence-corrected chi connectivity index (χ1v) is 28.4. The van der Waals surface area contributed by atoms with Gasteiger partial charge in [0.1, 0.15) is 30.5 Å². The van der Waals surface area contributed by atoms with Crippen LogP contribution in [0.15, 0.2) is 60.8 Å². The highest BCUT2D eigenvalue weighted by Crippen LogP contribution is 2.26. The Hall–Kier alpha value is -2.20. The van der Waals surface area contributed by atoms with E-state index in [1.54, 1.807) is 0 Å². The number of rotatable bonds is 47. The Morgan fingerprint density at radius 2 is 1.01 bits per heavy atom. The van der Waals surface area contributed by atoms with E-state index in [-0.39, 0.29) is 19.6 Å². The largest absolute Gasteiger partial charge is 0.457 e. The Morgan fingerprint density at radius 3 is 1.46 bits per heavy atom. The summed E-state index contributed by atoms with van der Waals surface area (Å²) in [7, 11) is -5.07. The van der Waals surface area contributed by atoms with Gasteiger partial charge in [0.25, 0.3) is 0 Å². The smallest absolute Gasteiger partial charge is 0.397 e. The van der Waals surface area contributed by atoms with Crippen molar-refractivity contribution >= 4 is 16.4 Å². The Labute approximate surface area is 414 Å². The molecule has 0 amide bonds. The van der Waals surface area contributed by atoms with Crippen molar-refractivity contribution in [3.05, 3.63) is 60.8 Å². The van der Waals surface area contributed by atoms with Crippen LogP contribution in [-0.4, -0.2) is 97.5 Å². The van der Waals surface area contributed by atoms with Crippen LogP contribution in [0.5, 0.6) is 0 Å². The third kappa shape index (κ3) is 38.5. The van der Waals surface area contributed by atoms with Crippen molar-refractivity contribution < 1.29 is 56.2 Å². The predicted molar refractivity (Wildman–Crippen MR) is 276 cm³/mol. The molecule has 0 aliphatic carbocycles. The van der Waals surface area contributed by atoms with Crippen LogP contribution in [0.1, 0.15) is 219 Å². The van der Waals surface area contributed by atoms with E-state index >= 15 is 0 Å². The average Bonchev–Trinajstić information content (AvgIpc) is 3.31. The maximum absolute atomic E-state index is 12.9. The maximum atomic E-state index is 12.9. The predicted octanol–water partition coefficient (Wildman–Crippen LogP) is 12.9. The molecule has 4 N–H and O–H groups in total. The van der Waals surface area contributed by atoms with Gasteiger partial charge in [-0.15, -0.1) is 0 Å². The Bertz CT molecular complexity index is 1410. The first-order chi connectivity index (χ1) is 33.1. The standard InChI is InChI=1S/C55H98O12S/c1-3-5-7-9-11-13-15-17-19-21-23-24-25-26-27-28-30-32-34-36-38-40-42-44-51(57)65-49(48-64-55-53(59)54(67-68(60,61)62)52(58)50(46-56)66-55)47-63-45-43-41-39-37-35-33-31-29-22-20-18-16-14-12-10-8-6-4-2/h6,8,12,14,18,20,29,31,35,37,49-50,52-56,58-59H,3-5,7,9-11,13,15-17,19,21-28,30,32-34,36,38-48H2,1-2H3,(H,60,61,62)/b8-6-,14-12-,20-18-,31-29-,37-35-. The highest BCUT2D eigenvalue weighted by molar-refractivity contribution is 7.80. The lowest BCUT2D eigenvalue weighted by Gasteiger charge is -2.41. The van der Waals surface area contributed by atoms with Gasteiger partial charge in [0.2, 0.25) is 0 Å². The number of aliphatic hydroxyl groups is 3. The molecule has 13 heteroatoms. The van der Waals surface area contributed by atoms with E-state index in [2.05, 4.69) is 78.8 Å². The second kappa shape index (κ2) is 45.9. The van der Waals surface area contributed by atoms with E-state index in [9.17, 15) is 33.1 Å². The molecule has 0 aromatic carbocycles. The van der Waals surface area contributed by atoms with E-state index < -0.39 is 59.8 Å². The Kier molecular flexibility index (Phi) is 43.1. The number of aliphatic hydroxyl groups excluding tert-OH is 3. The molecule has 1 rings (SSSR count). The van der Waals surface area contributed by atoms with Crippen molar-refractivity contribution in [3.8, 4) is 0 Å². The third-order valence-corrected chi connectivity index (χ3v) is 12.6. The second-order valence-electron chi connectivity index (χ2n) is 18.4. The Morgan fingerprint density at radius 1 is 0.574 bits per heavy atom. The van der Waals surface area contributed by atoms with Gasteiger partial charge in [0, 0.05) is 13.0 Å². The minimum atomic E-state index is -5.07. The zero-order valence-corrected chi connectivity index (χ0v) is 43.5. The fourth-order valence-electron chi connectivity index (χ4n) is 8.11. The summed E-state index contributed by atoms with van der Waals surface area (Å²) in [6.07, 6.45) is 49.8. The number of carbonyl (C=O) groups excluding carboxylic acids is 1. The number of hydrogen-bond acceptors (Lipinski definition) is 11.